The minimum atomic E-state index is 0.666. The first-order valence-electron chi connectivity index (χ1n) is 4.00. The summed E-state index contributed by atoms with van der Waals surface area (Å²) >= 11 is 0. The Hall–Kier alpha value is -1.24. The number of hydrogen-bond donors (Lipinski definition) is 0. The third kappa shape index (κ3) is 4.56. The van der Waals surface area contributed by atoms with Crippen molar-refractivity contribution < 1.29 is 4.74 Å². The fraction of sp³-hybridized carbons (Fsp3) is 0.273. The largest absolute Gasteiger partial charge is 0.494 e. The summed E-state index contributed by atoms with van der Waals surface area (Å²) in [6.45, 7) is 11.9. The van der Waals surface area contributed by atoms with E-state index in [4.69, 9.17) is 4.74 Å². The Bertz CT molecular complexity index is 209. The first kappa shape index (κ1) is 10.8. The fourth-order valence-corrected chi connectivity index (χ4v) is 0.623. The van der Waals surface area contributed by atoms with Gasteiger partial charge in [0.1, 0.15) is 5.76 Å². The lowest BCUT2D eigenvalue weighted by molar-refractivity contribution is 0.243. The van der Waals surface area contributed by atoms with E-state index in [1.807, 2.05) is 26.0 Å². The van der Waals surface area contributed by atoms with Crippen LogP contribution in [0, 0.1) is 0 Å². The van der Waals surface area contributed by atoms with Crippen LogP contribution in [0.1, 0.15) is 13.8 Å². The van der Waals surface area contributed by atoms with Crippen molar-refractivity contribution in [3.63, 3.8) is 0 Å². The van der Waals surface area contributed by atoms with Gasteiger partial charge in [0, 0.05) is 0 Å². The molecule has 0 amide bonds. The van der Waals surface area contributed by atoms with E-state index in [0.29, 0.717) is 6.61 Å². The summed E-state index contributed by atoms with van der Waals surface area (Å²) in [5, 5.41) is 0. The average molecular weight is 164 g/mol. The van der Waals surface area contributed by atoms with Gasteiger partial charge in [-0.25, -0.2) is 0 Å². The normalized spacial score (nSPS) is 12.5. The van der Waals surface area contributed by atoms with Crippen molar-refractivity contribution >= 4 is 0 Å². The minimum Gasteiger partial charge on any atom is -0.494 e. The highest BCUT2D eigenvalue weighted by molar-refractivity contribution is 5.24. The molecule has 0 spiro atoms. The predicted molar refractivity (Wildman–Crippen MR) is 53.9 cm³/mol. The first-order valence-corrected chi connectivity index (χ1v) is 4.00. The van der Waals surface area contributed by atoms with Gasteiger partial charge in [0.05, 0.1) is 6.61 Å². The molecule has 1 heteroatoms. The second-order valence-corrected chi connectivity index (χ2v) is 2.32. The minimum absolute atomic E-state index is 0.666. The zero-order chi connectivity index (χ0) is 9.40. The Morgan fingerprint density at radius 3 is 2.33 bits per heavy atom. The maximum Gasteiger partial charge on any atom is 0.118 e. The van der Waals surface area contributed by atoms with Crippen molar-refractivity contribution in [2.75, 3.05) is 6.61 Å². The molecule has 0 radical (unpaired) electrons. The van der Waals surface area contributed by atoms with Gasteiger partial charge in [-0.1, -0.05) is 30.9 Å². The topological polar surface area (TPSA) is 9.23 Å². The van der Waals surface area contributed by atoms with Gasteiger partial charge in [-0.2, -0.15) is 0 Å². The molecule has 0 aromatic heterocycles. The maximum atomic E-state index is 5.25. The van der Waals surface area contributed by atoms with E-state index in [1.165, 1.54) is 0 Å². The van der Waals surface area contributed by atoms with Crippen molar-refractivity contribution in [1.29, 1.82) is 0 Å². The standard InChI is InChI=1S/C11H16O/c1-5-10(4)8-9-11(6-2)12-7-3/h5-6,8-9H,1-2,7H2,3-4H3/b10-8-,11-9+. The molecule has 0 saturated carbocycles. The van der Waals surface area contributed by atoms with E-state index in [2.05, 4.69) is 13.2 Å². The molecule has 0 saturated heterocycles. The molecule has 66 valence electrons. The molecule has 12 heavy (non-hydrogen) atoms. The third-order valence-electron chi connectivity index (χ3n) is 1.34. The Kier molecular flexibility index (Phi) is 5.80. The molecule has 0 aromatic carbocycles. The summed E-state index contributed by atoms with van der Waals surface area (Å²) in [6, 6.07) is 0. The maximum absolute atomic E-state index is 5.25. The molecule has 0 unspecified atom stereocenters. The quantitative estimate of drug-likeness (QED) is 0.448. The van der Waals surface area contributed by atoms with Crippen LogP contribution in [0.5, 0.6) is 0 Å². The summed E-state index contributed by atoms with van der Waals surface area (Å²) in [4.78, 5) is 0. The van der Waals surface area contributed by atoms with Gasteiger partial charge in [-0.05, 0) is 26.0 Å². The van der Waals surface area contributed by atoms with Crippen molar-refractivity contribution in [3.8, 4) is 0 Å². The monoisotopic (exact) mass is 164 g/mol. The number of hydrogen-bond acceptors (Lipinski definition) is 1. The van der Waals surface area contributed by atoms with E-state index < -0.39 is 0 Å². The van der Waals surface area contributed by atoms with Crippen LogP contribution in [-0.4, -0.2) is 6.61 Å². The van der Waals surface area contributed by atoms with Gasteiger partial charge < -0.3 is 4.74 Å². The summed E-state index contributed by atoms with van der Waals surface area (Å²) in [5.74, 6) is 0.790. The molecule has 1 nitrogen and oxygen atoms in total. The molecule has 0 aliphatic heterocycles. The molecule has 0 aliphatic rings. The van der Waals surface area contributed by atoms with Crippen LogP contribution in [-0.2, 0) is 4.74 Å². The summed E-state index contributed by atoms with van der Waals surface area (Å²) < 4.78 is 5.25. The SMILES string of the molecule is C=C/C(C)=C\C=C(/C=C)OCC. The van der Waals surface area contributed by atoms with Gasteiger partial charge in [0.2, 0.25) is 0 Å². The van der Waals surface area contributed by atoms with Crippen LogP contribution < -0.4 is 0 Å². The Labute approximate surface area is 74.7 Å². The first-order chi connectivity index (χ1) is 5.74. The average Bonchev–Trinajstić information content (AvgIpc) is 2.11. The van der Waals surface area contributed by atoms with E-state index in [0.717, 1.165) is 11.3 Å². The smallest absolute Gasteiger partial charge is 0.118 e. The zero-order valence-electron chi connectivity index (χ0n) is 7.84. The van der Waals surface area contributed by atoms with Crippen LogP contribution >= 0.6 is 0 Å². The highest BCUT2D eigenvalue weighted by Gasteiger charge is 1.86. The lowest BCUT2D eigenvalue weighted by Gasteiger charge is -2.00. The second kappa shape index (κ2) is 6.47. The van der Waals surface area contributed by atoms with Crippen molar-refractivity contribution in [1.82, 2.24) is 0 Å². The number of allylic oxidation sites excluding steroid dienone is 5. The molecule has 0 rings (SSSR count). The molecular weight excluding hydrogens is 148 g/mol. The Morgan fingerprint density at radius 1 is 1.25 bits per heavy atom. The third-order valence-corrected chi connectivity index (χ3v) is 1.34. The van der Waals surface area contributed by atoms with Gasteiger partial charge in [-0.15, -0.1) is 0 Å². The summed E-state index contributed by atoms with van der Waals surface area (Å²) in [7, 11) is 0. The molecule has 0 N–H and O–H groups in total. The van der Waals surface area contributed by atoms with Crippen molar-refractivity contribution in [2.45, 2.75) is 13.8 Å². The Morgan fingerprint density at radius 2 is 1.92 bits per heavy atom. The van der Waals surface area contributed by atoms with Crippen LogP contribution in [0.4, 0.5) is 0 Å². The lowest BCUT2D eigenvalue weighted by atomic mass is 10.2. The number of rotatable bonds is 5. The van der Waals surface area contributed by atoms with E-state index in [-0.39, 0.29) is 0 Å². The molecule has 0 aliphatic carbocycles. The Balaban J connectivity index is 4.28. The van der Waals surface area contributed by atoms with E-state index in [1.54, 1.807) is 12.2 Å². The van der Waals surface area contributed by atoms with E-state index in [9.17, 15) is 0 Å². The molecule has 0 atom stereocenters. The molecule has 0 heterocycles. The molecular formula is C11H16O. The van der Waals surface area contributed by atoms with Crippen molar-refractivity contribution in [2.24, 2.45) is 0 Å². The second-order valence-electron chi connectivity index (χ2n) is 2.32. The van der Waals surface area contributed by atoms with E-state index >= 15 is 0 Å². The fourth-order valence-electron chi connectivity index (χ4n) is 0.623. The molecule has 0 aromatic rings. The molecule has 0 fully saturated rings. The highest BCUT2D eigenvalue weighted by Crippen LogP contribution is 2.01. The predicted octanol–water partition coefficient (Wildman–Crippen LogP) is 3.23. The zero-order valence-corrected chi connectivity index (χ0v) is 7.84. The van der Waals surface area contributed by atoms with Crippen LogP contribution in [0.15, 0.2) is 48.8 Å². The number of ether oxygens (including phenoxy) is 1. The van der Waals surface area contributed by atoms with Crippen LogP contribution in [0.25, 0.3) is 0 Å². The van der Waals surface area contributed by atoms with Crippen molar-refractivity contribution in [3.05, 3.63) is 48.8 Å². The van der Waals surface area contributed by atoms with Crippen LogP contribution in [0.2, 0.25) is 0 Å². The highest BCUT2D eigenvalue weighted by atomic mass is 16.5. The van der Waals surface area contributed by atoms with Gasteiger partial charge >= 0.3 is 0 Å². The van der Waals surface area contributed by atoms with Crippen LogP contribution in [0.3, 0.4) is 0 Å². The van der Waals surface area contributed by atoms with Gasteiger partial charge in [-0.3, -0.25) is 0 Å². The van der Waals surface area contributed by atoms with Gasteiger partial charge in [0.15, 0.2) is 0 Å². The molecule has 0 bridgehead atoms. The lowest BCUT2D eigenvalue weighted by Crippen LogP contribution is -1.86. The van der Waals surface area contributed by atoms with Gasteiger partial charge in [0.25, 0.3) is 0 Å². The summed E-state index contributed by atoms with van der Waals surface area (Å²) in [6.07, 6.45) is 7.31. The summed E-state index contributed by atoms with van der Waals surface area (Å²) in [5.41, 5.74) is 1.11.